The molecule has 3 aromatic carbocycles. The van der Waals surface area contributed by atoms with Gasteiger partial charge in [0.05, 0.1) is 6.54 Å². The number of alkyl carbamates (subject to hydrolysis) is 1. The van der Waals surface area contributed by atoms with Crippen molar-refractivity contribution >= 4 is 12.0 Å². The first-order valence-corrected chi connectivity index (χ1v) is 13.2. The monoisotopic (exact) mass is 516 g/mol. The second-order valence-corrected chi connectivity index (χ2v) is 9.24. The summed E-state index contributed by atoms with van der Waals surface area (Å²) in [6.45, 7) is 7.16. The van der Waals surface area contributed by atoms with Crippen LogP contribution in [0.2, 0.25) is 0 Å². The Labute approximate surface area is 224 Å². The van der Waals surface area contributed by atoms with Gasteiger partial charge in [0.15, 0.2) is 6.29 Å². The van der Waals surface area contributed by atoms with Gasteiger partial charge in [-0.2, -0.15) is 0 Å². The zero-order chi connectivity index (χ0) is 26.9. The van der Waals surface area contributed by atoms with Crippen LogP contribution in [0.4, 0.5) is 4.79 Å². The Balaban J connectivity index is 1.40. The minimum Gasteiger partial charge on any atom is -0.449 e. The lowest BCUT2D eigenvalue weighted by atomic mass is 9.98. The van der Waals surface area contributed by atoms with Crippen molar-refractivity contribution in [2.45, 2.75) is 45.6 Å². The number of rotatable bonds is 12. The van der Waals surface area contributed by atoms with E-state index in [4.69, 9.17) is 14.2 Å². The van der Waals surface area contributed by atoms with Crippen LogP contribution in [0, 0.1) is 0 Å². The van der Waals surface area contributed by atoms with Crippen molar-refractivity contribution in [3.8, 4) is 11.1 Å². The molecule has 0 aromatic heterocycles. The molecule has 38 heavy (non-hydrogen) atoms. The molecule has 3 aromatic rings. The number of nitrogens with one attached hydrogen (secondary N) is 1. The molecule has 0 fully saturated rings. The molecule has 0 saturated carbocycles. The zero-order valence-corrected chi connectivity index (χ0v) is 22.3. The van der Waals surface area contributed by atoms with Crippen LogP contribution in [0.3, 0.4) is 0 Å². The van der Waals surface area contributed by atoms with Gasteiger partial charge in [0.1, 0.15) is 12.6 Å². The Bertz CT molecular complexity index is 1160. The Kier molecular flexibility index (Phi) is 9.51. The van der Waals surface area contributed by atoms with Gasteiger partial charge in [0.2, 0.25) is 5.91 Å². The highest BCUT2D eigenvalue weighted by Gasteiger charge is 2.30. The van der Waals surface area contributed by atoms with E-state index < -0.39 is 18.4 Å². The molecule has 0 aliphatic heterocycles. The second-order valence-electron chi connectivity index (χ2n) is 9.24. The second kappa shape index (κ2) is 13.2. The maximum Gasteiger partial charge on any atom is 0.407 e. The Morgan fingerprint density at radius 2 is 1.39 bits per heavy atom. The molecule has 1 N–H and O–H groups in total. The smallest absolute Gasteiger partial charge is 0.407 e. The molecular weight excluding hydrogens is 480 g/mol. The molecule has 4 rings (SSSR count). The average Bonchev–Trinajstić information content (AvgIpc) is 3.25. The fourth-order valence-corrected chi connectivity index (χ4v) is 4.89. The molecule has 0 bridgehead atoms. The first kappa shape index (κ1) is 27.4. The molecule has 0 heterocycles. The number of ether oxygens (including phenoxy) is 3. The maximum absolute atomic E-state index is 13.5. The van der Waals surface area contributed by atoms with E-state index in [-0.39, 0.29) is 25.0 Å². The van der Waals surface area contributed by atoms with E-state index in [1.807, 2.05) is 68.4 Å². The third-order valence-corrected chi connectivity index (χ3v) is 6.65. The molecule has 7 heteroatoms. The molecule has 1 atom stereocenters. The zero-order valence-electron chi connectivity index (χ0n) is 22.3. The summed E-state index contributed by atoms with van der Waals surface area (Å²) in [6, 6.07) is 25.3. The summed E-state index contributed by atoms with van der Waals surface area (Å²) >= 11 is 0. The summed E-state index contributed by atoms with van der Waals surface area (Å²) in [7, 11) is 0. The Hall–Kier alpha value is -3.68. The number of benzene rings is 3. The van der Waals surface area contributed by atoms with Gasteiger partial charge < -0.3 is 24.4 Å². The molecule has 0 spiro atoms. The minimum atomic E-state index is -0.793. The van der Waals surface area contributed by atoms with Gasteiger partial charge in [-0.1, -0.05) is 78.9 Å². The maximum atomic E-state index is 13.5. The predicted molar refractivity (Wildman–Crippen MR) is 147 cm³/mol. The average molecular weight is 517 g/mol. The Morgan fingerprint density at radius 3 is 1.97 bits per heavy atom. The third-order valence-electron chi connectivity index (χ3n) is 6.65. The molecule has 0 saturated heterocycles. The van der Waals surface area contributed by atoms with Crippen molar-refractivity contribution in [1.82, 2.24) is 10.2 Å². The fraction of sp³-hybridized carbons (Fsp3) is 0.355. The van der Waals surface area contributed by atoms with Crippen LogP contribution in [0.1, 0.15) is 43.4 Å². The summed E-state index contributed by atoms with van der Waals surface area (Å²) in [5.41, 5.74) is 5.57. The van der Waals surface area contributed by atoms with Crippen molar-refractivity contribution in [2.75, 3.05) is 26.4 Å². The lowest BCUT2D eigenvalue weighted by molar-refractivity contribution is -0.160. The number of carbonyl (C=O) groups is 2. The van der Waals surface area contributed by atoms with Crippen LogP contribution in [-0.4, -0.2) is 55.6 Å². The largest absolute Gasteiger partial charge is 0.449 e. The van der Waals surface area contributed by atoms with E-state index >= 15 is 0 Å². The number of fused-ring (bicyclic) bond motifs is 3. The number of hydrogen-bond acceptors (Lipinski definition) is 5. The van der Waals surface area contributed by atoms with E-state index in [0.29, 0.717) is 19.8 Å². The van der Waals surface area contributed by atoms with Crippen LogP contribution in [0.25, 0.3) is 11.1 Å². The van der Waals surface area contributed by atoms with Crippen LogP contribution in [-0.2, 0) is 25.5 Å². The van der Waals surface area contributed by atoms with Crippen molar-refractivity contribution in [3.05, 3.63) is 95.6 Å². The normalized spacial score (nSPS) is 13.1. The van der Waals surface area contributed by atoms with E-state index in [2.05, 4.69) is 29.6 Å². The number of amides is 2. The fourth-order valence-electron chi connectivity index (χ4n) is 4.89. The number of hydrogen-bond donors (Lipinski definition) is 1. The summed E-state index contributed by atoms with van der Waals surface area (Å²) in [5.74, 6) is -0.293. The molecular formula is C31H36N2O5. The highest BCUT2D eigenvalue weighted by Crippen LogP contribution is 2.44. The molecule has 200 valence electrons. The molecule has 1 aliphatic carbocycles. The molecule has 2 amide bonds. The Morgan fingerprint density at radius 1 is 0.842 bits per heavy atom. The predicted octanol–water partition coefficient (Wildman–Crippen LogP) is 5.34. The molecule has 0 radical (unpaired) electrons. The first-order chi connectivity index (χ1) is 18.5. The SMILES string of the molecule is CCOC(CN(Cc1ccccc1)C(=O)[C@H](C)NC(=O)OCC1c2ccccc2-c2ccccc21)OCC. The summed E-state index contributed by atoms with van der Waals surface area (Å²) in [6.07, 6.45) is -1.18. The van der Waals surface area contributed by atoms with Gasteiger partial charge in [-0.15, -0.1) is 0 Å². The van der Waals surface area contributed by atoms with Gasteiger partial charge in [-0.05, 0) is 48.6 Å². The molecule has 7 nitrogen and oxygen atoms in total. The highest BCUT2D eigenvalue weighted by atomic mass is 16.7. The van der Waals surface area contributed by atoms with Crippen molar-refractivity contribution in [2.24, 2.45) is 0 Å². The van der Waals surface area contributed by atoms with E-state index in [1.54, 1.807) is 11.8 Å². The minimum absolute atomic E-state index is 0.0492. The number of nitrogens with zero attached hydrogens (tertiary/aromatic N) is 1. The summed E-state index contributed by atoms with van der Waals surface area (Å²) < 4.78 is 17.0. The van der Waals surface area contributed by atoms with Crippen molar-refractivity contribution < 1.29 is 23.8 Å². The first-order valence-electron chi connectivity index (χ1n) is 13.2. The lowest BCUT2D eigenvalue weighted by Crippen LogP contribution is -2.49. The van der Waals surface area contributed by atoms with Crippen LogP contribution in [0.5, 0.6) is 0 Å². The molecule has 1 aliphatic rings. The van der Waals surface area contributed by atoms with Gasteiger partial charge in [0.25, 0.3) is 0 Å². The quantitative estimate of drug-likeness (QED) is 0.329. The van der Waals surface area contributed by atoms with Gasteiger partial charge in [-0.25, -0.2) is 4.79 Å². The van der Waals surface area contributed by atoms with Crippen molar-refractivity contribution in [3.63, 3.8) is 0 Å². The van der Waals surface area contributed by atoms with E-state index in [9.17, 15) is 9.59 Å². The lowest BCUT2D eigenvalue weighted by Gasteiger charge is -2.30. The van der Waals surface area contributed by atoms with Gasteiger partial charge in [0, 0.05) is 25.7 Å². The van der Waals surface area contributed by atoms with Crippen LogP contribution in [0.15, 0.2) is 78.9 Å². The summed E-state index contributed by atoms with van der Waals surface area (Å²) in [5, 5.41) is 2.72. The van der Waals surface area contributed by atoms with Gasteiger partial charge >= 0.3 is 6.09 Å². The van der Waals surface area contributed by atoms with E-state index in [0.717, 1.165) is 27.8 Å². The summed E-state index contributed by atoms with van der Waals surface area (Å²) in [4.78, 5) is 27.9. The van der Waals surface area contributed by atoms with Crippen LogP contribution >= 0.6 is 0 Å². The van der Waals surface area contributed by atoms with Gasteiger partial charge in [-0.3, -0.25) is 4.79 Å². The number of carbonyl (C=O) groups excluding carboxylic acids is 2. The van der Waals surface area contributed by atoms with Crippen LogP contribution < -0.4 is 5.32 Å². The standard InChI is InChI=1S/C31H36N2O5/c1-4-36-29(37-5-2)20-33(19-23-13-7-6-8-14-23)30(34)22(3)32-31(35)38-21-28-26-17-11-9-15-24(26)25-16-10-12-18-27(25)28/h6-18,22,28-29H,4-5,19-21H2,1-3H3,(H,32,35)/t22-/m0/s1. The third kappa shape index (κ3) is 6.60. The highest BCUT2D eigenvalue weighted by molar-refractivity contribution is 5.85. The molecule has 0 unspecified atom stereocenters. The van der Waals surface area contributed by atoms with E-state index in [1.165, 1.54) is 0 Å². The topological polar surface area (TPSA) is 77.1 Å². The van der Waals surface area contributed by atoms with Crippen molar-refractivity contribution in [1.29, 1.82) is 0 Å².